The zero-order chi connectivity index (χ0) is 25.9. The molecule has 5 nitrogen and oxygen atoms in total. The summed E-state index contributed by atoms with van der Waals surface area (Å²) in [6.07, 6.45) is 9.55. The molecule has 2 heterocycles. The molecule has 2 aliphatic heterocycles. The van der Waals surface area contributed by atoms with Crippen LogP contribution >= 0.6 is 0 Å². The lowest BCUT2D eigenvalue weighted by atomic mass is 9.81. The van der Waals surface area contributed by atoms with Gasteiger partial charge in [-0.3, -0.25) is 14.5 Å². The molecule has 2 bridgehead atoms. The van der Waals surface area contributed by atoms with Crippen LogP contribution in [0.1, 0.15) is 89.7 Å². The summed E-state index contributed by atoms with van der Waals surface area (Å²) in [5, 5.41) is 3.10. The minimum Gasteiger partial charge on any atom is -0.384 e. The van der Waals surface area contributed by atoms with Crippen LogP contribution in [-0.4, -0.2) is 55.5 Å². The lowest BCUT2D eigenvalue weighted by Crippen LogP contribution is -2.45. The van der Waals surface area contributed by atoms with Gasteiger partial charge < -0.3 is 10.1 Å². The van der Waals surface area contributed by atoms with Crippen LogP contribution in [0.25, 0.3) is 5.57 Å². The second kappa shape index (κ2) is 11.6. The molecule has 3 aliphatic rings. The smallest absolute Gasteiger partial charge is 0.221 e. The monoisotopic (exact) mass is 494 g/mol. The third-order valence-corrected chi connectivity index (χ3v) is 8.74. The van der Waals surface area contributed by atoms with Gasteiger partial charge in [0.2, 0.25) is 5.91 Å². The largest absolute Gasteiger partial charge is 0.384 e. The molecule has 1 N–H and O–H groups in total. The van der Waals surface area contributed by atoms with Crippen LogP contribution in [-0.2, 0) is 14.3 Å². The minimum atomic E-state index is -0.0516. The first-order chi connectivity index (χ1) is 17.2. The van der Waals surface area contributed by atoms with E-state index in [1.807, 2.05) is 0 Å². The Morgan fingerprint density at radius 2 is 1.86 bits per heavy atom. The Balaban J connectivity index is 1.27. The summed E-state index contributed by atoms with van der Waals surface area (Å²) in [6.45, 7) is 10.7. The van der Waals surface area contributed by atoms with Gasteiger partial charge in [-0.25, -0.2) is 0 Å². The maximum absolute atomic E-state index is 13.5. The molecular formula is C31H46N2O3. The van der Waals surface area contributed by atoms with Crippen LogP contribution in [0, 0.1) is 17.3 Å². The van der Waals surface area contributed by atoms with Crippen LogP contribution in [0.4, 0.5) is 0 Å². The molecule has 4 rings (SSSR count). The number of fused-ring (bicyclic) bond motifs is 3. The maximum atomic E-state index is 13.5. The average molecular weight is 495 g/mol. The van der Waals surface area contributed by atoms with Crippen molar-refractivity contribution in [3.63, 3.8) is 0 Å². The van der Waals surface area contributed by atoms with Crippen molar-refractivity contribution in [1.82, 2.24) is 10.2 Å². The molecule has 2 saturated heterocycles. The average Bonchev–Trinajstić information content (AvgIpc) is 3.34. The molecule has 1 aliphatic carbocycles. The number of benzene rings is 1. The Bertz CT molecular complexity index is 954. The SMILES string of the molecule is CCC1C=C(C(=O)[C@@H](C)CC2C[C@H]3CC[C@@H](C2)N3CCC(=O)NCC(C)(C)COC)c2ccccc21. The molecule has 1 aromatic rings. The van der Waals surface area contributed by atoms with Gasteiger partial charge in [0.25, 0.3) is 0 Å². The number of ether oxygens (including phenoxy) is 1. The summed E-state index contributed by atoms with van der Waals surface area (Å²) in [4.78, 5) is 28.6. The highest BCUT2D eigenvalue weighted by atomic mass is 16.5. The highest BCUT2D eigenvalue weighted by molar-refractivity contribution is 6.23. The summed E-state index contributed by atoms with van der Waals surface area (Å²) in [5.74, 6) is 1.48. The summed E-state index contributed by atoms with van der Waals surface area (Å²) < 4.78 is 5.25. The van der Waals surface area contributed by atoms with Crippen LogP contribution in [0.15, 0.2) is 30.3 Å². The quantitative estimate of drug-likeness (QED) is 0.411. The Labute approximate surface area is 218 Å². The molecule has 0 saturated carbocycles. The Hall–Kier alpha value is -1.98. The van der Waals surface area contributed by atoms with Crippen LogP contribution < -0.4 is 5.32 Å². The van der Waals surface area contributed by atoms with E-state index in [2.05, 4.69) is 68.3 Å². The molecule has 5 heteroatoms. The van der Waals surface area contributed by atoms with Gasteiger partial charge >= 0.3 is 0 Å². The van der Waals surface area contributed by atoms with Gasteiger partial charge in [-0.1, -0.05) is 58.0 Å². The number of allylic oxidation sites excluding steroid dienone is 2. The van der Waals surface area contributed by atoms with Gasteiger partial charge in [0.1, 0.15) is 0 Å². The van der Waals surface area contributed by atoms with Crippen molar-refractivity contribution in [2.75, 3.05) is 26.8 Å². The molecule has 2 unspecified atom stereocenters. The number of ketones is 1. The number of amides is 1. The number of Topliss-reactive ketones (excluding diaryl/α,β-unsaturated/α-hetero) is 1. The number of carbonyl (C=O) groups is 2. The van der Waals surface area contributed by atoms with Crippen molar-refractivity contribution in [2.45, 2.75) is 90.6 Å². The van der Waals surface area contributed by atoms with Crippen molar-refractivity contribution in [3.8, 4) is 0 Å². The Morgan fingerprint density at radius 3 is 2.53 bits per heavy atom. The van der Waals surface area contributed by atoms with E-state index in [1.54, 1.807) is 7.11 Å². The number of nitrogens with one attached hydrogen (secondary N) is 1. The van der Waals surface area contributed by atoms with Crippen molar-refractivity contribution >= 4 is 17.3 Å². The predicted molar refractivity (Wildman–Crippen MR) is 146 cm³/mol. The number of hydrogen-bond donors (Lipinski definition) is 1. The number of piperidine rings is 1. The summed E-state index contributed by atoms with van der Waals surface area (Å²) in [6, 6.07) is 9.56. The number of rotatable bonds is 12. The van der Waals surface area contributed by atoms with Gasteiger partial charge in [-0.05, 0) is 55.6 Å². The van der Waals surface area contributed by atoms with Gasteiger partial charge in [0.15, 0.2) is 5.78 Å². The van der Waals surface area contributed by atoms with Crippen LogP contribution in [0.3, 0.4) is 0 Å². The molecule has 1 aromatic carbocycles. The summed E-state index contributed by atoms with van der Waals surface area (Å²) in [7, 11) is 1.70. The van der Waals surface area contributed by atoms with Gasteiger partial charge in [-0.15, -0.1) is 0 Å². The second-order valence-corrected chi connectivity index (χ2v) is 12.3. The molecular weight excluding hydrogens is 448 g/mol. The van der Waals surface area contributed by atoms with Crippen LogP contribution in [0.2, 0.25) is 0 Å². The first-order valence-electron chi connectivity index (χ1n) is 14.1. The molecule has 198 valence electrons. The topological polar surface area (TPSA) is 58.6 Å². The third-order valence-electron chi connectivity index (χ3n) is 8.74. The van der Waals surface area contributed by atoms with Gasteiger partial charge in [0, 0.05) is 61.5 Å². The third kappa shape index (κ3) is 6.11. The van der Waals surface area contributed by atoms with E-state index in [0.717, 1.165) is 43.4 Å². The van der Waals surface area contributed by atoms with Crippen molar-refractivity contribution in [2.24, 2.45) is 17.3 Å². The van der Waals surface area contributed by atoms with E-state index in [4.69, 9.17) is 4.74 Å². The molecule has 2 fully saturated rings. The summed E-state index contributed by atoms with van der Waals surface area (Å²) >= 11 is 0. The molecule has 0 radical (unpaired) electrons. The number of methoxy groups -OCH3 is 1. The van der Waals surface area contributed by atoms with E-state index < -0.39 is 0 Å². The van der Waals surface area contributed by atoms with E-state index >= 15 is 0 Å². The Kier molecular flexibility index (Phi) is 8.72. The van der Waals surface area contributed by atoms with Crippen LogP contribution in [0.5, 0.6) is 0 Å². The zero-order valence-electron chi connectivity index (χ0n) is 23.0. The highest BCUT2D eigenvalue weighted by Gasteiger charge is 2.41. The molecule has 0 spiro atoms. The lowest BCUT2D eigenvalue weighted by Gasteiger charge is -2.39. The first kappa shape index (κ1) is 27.1. The molecule has 5 atom stereocenters. The first-order valence-corrected chi connectivity index (χ1v) is 14.1. The molecule has 36 heavy (non-hydrogen) atoms. The van der Waals surface area contributed by atoms with E-state index in [-0.39, 0.29) is 17.2 Å². The second-order valence-electron chi connectivity index (χ2n) is 12.3. The standard InChI is InChI=1S/C31H46N2O3/c1-6-23-18-28(27-10-8-7-9-26(23)27)30(35)21(2)15-22-16-24-11-12-25(17-22)33(24)14-13-29(34)32-19-31(3,4)20-36-5/h7-10,18,21-25H,6,11-17,19-20H2,1-5H3,(H,32,34)/t21-,22?,23?,24-,25+/m0/s1. The van der Waals surface area contributed by atoms with Crippen molar-refractivity contribution in [3.05, 3.63) is 41.5 Å². The lowest BCUT2D eigenvalue weighted by molar-refractivity contribution is -0.122. The van der Waals surface area contributed by atoms with E-state index in [9.17, 15) is 9.59 Å². The molecule has 0 aromatic heterocycles. The fourth-order valence-corrected chi connectivity index (χ4v) is 6.91. The van der Waals surface area contributed by atoms with E-state index in [0.29, 0.717) is 49.3 Å². The molecule has 1 amide bonds. The number of nitrogens with zero attached hydrogens (tertiary/aromatic N) is 1. The number of carbonyl (C=O) groups excluding carboxylic acids is 2. The minimum absolute atomic E-state index is 0.0516. The normalized spacial score (nSPS) is 26.4. The zero-order valence-corrected chi connectivity index (χ0v) is 23.0. The number of hydrogen-bond acceptors (Lipinski definition) is 4. The van der Waals surface area contributed by atoms with Gasteiger partial charge in [-0.2, -0.15) is 0 Å². The Morgan fingerprint density at radius 1 is 1.17 bits per heavy atom. The van der Waals surface area contributed by atoms with Gasteiger partial charge in [0.05, 0.1) is 6.61 Å². The summed E-state index contributed by atoms with van der Waals surface area (Å²) in [5.41, 5.74) is 3.36. The predicted octanol–water partition coefficient (Wildman–Crippen LogP) is 5.59. The highest BCUT2D eigenvalue weighted by Crippen LogP contribution is 2.43. The fraction of sp³-hybridized carbons (Fsp3) is 0.677. The fourth-order valence-electron chi connectivity index (χ4n) is 6.91. The van der Waals surface area contributed by atoms with Crippen molar-refractivity contribution < 1.29 is 14.3 Å². The van der Waals surface area contributed by atoms with Crippen molar-refractivity contribution in [1.29, 1.82) is 0 Å². The maximum Gasteiger partial charge on any atom is 0.221 e. The van der Waals surface area contributed by atoms with E-state index in [1.165, 1.54) is 18.4 Å².